The summed E-state index contributed by atoms with van der Waals surface area (Å²) in [6, 6.07) is 0. The van der Waals surface area contributed by atoms with E-state index in [2.05, 4.69) is 10.6 Å². The van der Waals surface area contributed by atoms with Crippen molar-refractivity contribution >= 4 is 11.9 Å². The fourth-order valence-corrected chi connectivity index (χ4v) is 2.74. The molecular weight excluding hydrogens is 208 g/mol. The van der Waals surface area contributed by atoms with Gasteiger partial charge in [0.2, 0.25) is 5.91 Å². The zero-order valence-electron chi connectivity index (χ0n) is 9.24. The molecule has 90 valence electrons. The highest BCUT2D eigenvalue weighted by atomic mass is 16.4. The quantitative estimate of drug-likeness (QED) is 0.571. The number of hydrogen-bond acceptors (Lipinski definition) is 3. The van der Waals surface area contributed by atoms with Crippen LogP contribution in [-0.2, 0) is 9.59 Å². The summed E-state index contributed by atoms with van der Waals surface area (Å²) in [7, 11) is 0. The van der Waals surface area contributed by atoms with Crippen molar-refractivity contribution in [1.82, 2.24) is 10.6 Å². The number of carbonyl (C=O) groups is 2. The standard InChI is InChI=1S/C11H18N2O3/c14-10-9(11(15)16)5-8(6-13-10)7-1-3-12-4-2-7/h7-9,12H,1-6H2,(H,13,14)(H,15,16)/t8-,9-/m0/s1. The molecule has 2 aliphatic heterocycles. The molecule has 0 bridgehead atoms. The highest BCUT2D eigenvalue weighted by Crippen LogP contribution is 2.29. The van der Waals surface area contributed by atoms with Crippen LogP contribution in [-0.4, -0.2) is 36.6 Å². The summed E-state index contributed by atoms with van der Waals surface area (Å²) in [6.07, 6.45) is 2.69. The summed E-state index contributed by atoms with van der Waals surface area (Å²) in [5, 5.41) is 15.0. The Labute approximate surface area is 94.6 Å². The molecule has 0 saturated carbocycles. The number of carbonyl (C=O) groups excluding carboxylic acids is 1. The van der Waals surface area contributed by atoms with Crippen LogP contribution >= 0.6 is 0 Å². The van der Waals surface area contributed by atoms with Crippen LogP contribution < -0.4 is 10.6 Å². The Morgan fingerprint density at radius 1 is 1.25 bits per heavy atom. The third kappa shape index (κ3) is 2.35. The average Bonchev–Trinajstić information content (AvgIpc) is 2.30. The first-order chi connectivity index (χ1) is 7.68. The molecule has 2 fully saturated rings. The van der Waals surface area contributed by atoms with Crippen molar-refractivity contribution < 1.29 is 14.7 Å². The molecule has 2 atom stereocenters. The van der Waals surface area contributed by atoms with Gasteiger partial charge in [0.15, 0.2) is 0 Å². The summed E-state index contributed by atoms with van der Waals surface area (Å²) in [5.41, 5.74) is 0. The zero-order valence-corrected chi connectivity index (χ0v) is 9.24. The Kier molecular flexibility index (Phi) is 3.43. The highest BCUT2D eigenvalue weighted by molar-refractivity contribution is 5.97. The van der Waals surface area contributed by atoms with Crippen molar-refractivity contribution in [2.45, 2.75) is 19.3 Å². The normalized spacial score (nSPS) is 32.1. The Morgan fingerprint density at radius 2 is 1.94 bits per heavy atom. The fraction of sp³-hybridized carbons (Fsp3) is 0.818. The third-order valence-electron chi connectivity index (χ3n) is 3.74. The molecule has 16 heavy (non-hydrogen) atoms. The van der Waals surface area contributed by atoms with Crippen LogP contribution in [0.1, 0.15) is 19.3 Å². The number of carboxylic acid groups (broad SMARTS) is 1. The molecule has 5 nitrogen and oxygen atoms in total. The van der Waals surface area contributed by atoms with E-state index >= 15 is 0 Å². The number of aliphatic carboxylic acids is 1. The molecule has 3 N–H and O–H groups in total. The van der Waals surface area contributed by atoms with Crippen LogP contribution in [0.4, 0.5) is 0 Å². The van der Waals surface area contributed by atoms with Gasteiger partial charge in [-0.3, -0.25) is 9.59 Å². The number of carboxylic acids is 1. The second-order valence-electron chi connectivity index (χ2n) is 4.72. The van der Waals surface area contributed by atoms with E-state index in [4.69, 9.17) is 5.11 Å². The topological polar surface area (TPSA) is 78.4 Å². The lowest BCUT2D eigenvalue weighted by atomic mass is 9.77. The summed E-state index contributed by atoms with van der Waals surface area (Å²) in [5.74, 6) is -1.26. The van der Waals surface area contributed by atoms with Gasteiger partial charge in [-0.15, -0.1) is 0 Å². The predicted molar refractivity (Wildman–Crippen MR) is 57.8 cm³/mol. The summed E-state index contributed by atoms with van der Waals surface area (Å²) in [4.78, 5) is 22.3. The Bertz CT molecular complexity index is 287. The van der Waals surface area contributed by atoms with Crippen LogP contribution in [0.2, 0.25) is 0 Å². The van der Waals surface area contributed by atoms with E-state index in [1.54, 1.807) is 0 Å². The van der Waals surface area contributed by atoms with Gasteiger partial charge in [-0.2, -0.15) is 0 Å². The second-order valence-corrected chi connectivity index (χ2v) is 4.72. The summed E-state index contributed by atoms with van der Waals surface area (Å²) < 4.78 is 0. The van der Waals surface area contributed by atoms with E-state index < -0.39 is 11.9 Å². The van der Waals surface area contributed by atoms with Crippen molar-refractivity contribution in [3.05, 3.63) is 0 Å². The number of piperidine rings is 2. The monoisotopic (exact) mass is 226 g/mol. The van der Waals surface area contributed by atoms with Crippen molar-refractivity contribution in [3.8, 4) is 0 Å². The van der Waals surface area contributed by atoms with E-state index in [9.17, 15) is 9.59 Å². The minimum atomic E-state index is -0.990. The van der Waals surface area contributed by atoms with Gasteiger partial charge in [0.05, 0.1) is 0 Å². The minimum absolute atomic E-state index is 0.322. The first-order valence-corrected chi connectivity index (χ1v) is 5.89. The first kappa shape index (κ1) is 11.4. The Balaban J connectivity index is 1.96. The second kappa shape index (κ2) is 4.82. The maximum absolute atomic E-state index is 11.4. The van der Waals surface area contributed by atoms with E-state index in [0.717, 1.165) is 25.9 Å². The molecular formula is C11H18N2O3. The molecule has 0 unspecified atom stereocenters. The van der Waals surface area contributed by atoms with Crippen molar-refractivity contribution in [3.63, 3.8) is 0 Å². The van der Waals surface area contributed by atoms with E-state index in [1.807, 2.05) is 0 Å². The maximum Gasteiger partial charge on any atom is 0.316 e. The fourth-order valence-electron chi connectivity index (χ4n) is 2.74. The van der Waals surface area contributed by atoms with Crippen molar-refractivity contribution in [2.24, 2.45) is 17.8 Å². The molecule has 2 saturated heterocycles. The molecule has 1 amide bonds. The van der Waals surface area contributed by atoms with Crippen LogP contribution in [0.15, 0.2) is 0 Å². The molecule has 0 aromatic rings. The first-order valence-electron chi connectivity index (χ1n) is 5.89. The molecule has 2 rings (SSSR count). The van der Waals surface area contributed by atoms with E-state index in [-0.39, 0.29) is 5.91 Å². The number of amides is 1. The smallest absolute Gasteiger partial charge is 0.316 e. The van der Waals surface area contributed by atoms with Gasteiger partial charge in [0, 0.05) is 6.54 Å². The number of hydrogen-bond donors (Lipinski definition) is 3. The van der Waals surface area contributed by atoms with Gasteiger partial charge in [0.25, 0.3) is 0 Å². The molecule has 2 heterocycles. The SMILES string of the molecule is O=C(O)[C@H]1C[C@H](C2CCNCC2)CNC1=O. The van der Waals surface area contributed by atoms with Gasteiger partial charge in [-0.1, -0.05) is 0 Å². The van der Waals surface area contributed by atoms with E-state index in [0.29, 0.717) is 24.8 Å². The van der Waals surface area contributed by atoms with Gasteiger partial charge in [-0.25, -0.2) is 0 Å². The zero-order chi connectivity index (χ0) is 11.5. The molecule has 0 aromatic heterocycles. The summed E-state index contributed by atoms with van der Waals surface area (Å²) in [6.45, 7) is 2.66. The van der Waals surface area contributed by atoms with Crippen LogP contribution in [0.5, 0.6) is 0 Å². The van der Waals surface area contributed by atoms with Gasteiger partial charge >= 0.3 is 5.97 Å². The maximum atomic E-state index is 11.4. The summed E-state index contributed by atoms with van der Waals surface area (Å²) >= 11 is 0. The van der Waals surface area contributed by atoms with E-state index in [1.165, 1.54) is 0 Å². The molecule has 0 spiro atoms. The number of nitrogens with one attached hydrogen (secondary N) is 2. The molecule has 0 aromatic carbocycles. The van der Waals surface area contributed by atoms with Gasteiger partial charge < -0.3 is 15.7 Å². The largest absolute Gasteiger partial charge is 0.481 e. The average molecular weight is 226 g/mol. The predicted octanol–water partition coefficient (Wildman–Crippen LogP) is -0.177. The molecule has 0 aliphatic carbocycles. The number of rotatable bonds is 2. The minimum Gasteiger partial charge on any atom is -0.481 e. The molecule has 2 aliphatic rings. The van der Waals surface area contributed by atoms with Crippen LogP contribution in [0.25, 0.3) is 0 Å². The lowest BCUT2D eigenvalue weighted by Crippen LogP contribution is -2.48. The van der Waals surface area contributed by atoms with Gasteiger partial charge in [0.1, 0.15) is 5.92 Å². The van der Waals surface area contributed by atoms with Gasteiger partial charge in [-0.05, 0) is 44.2 Å². The molecule has 0 radical (unpaired) electrons. The highest BCUT2D eigenvalue weighted by Gasteiger charge is 2.37. The van der Waals surface area contributed by atoms with Crippen molar-refractivity contribution in [1.29, 1.82) is 0 Å². The van der Waals surface area contributed by atoms with Crippen molar-refractivity contribution in [2.75, 3.05) is 19.6 Å². The lowest BCUT2D eigenvalue weighted by Gasteiger charge is -2.35. The molecule has 5 heteroatoms. The third-order valence-corrected chi connectivity index (χ3v) is 3.74. The van der Waals surface area contributed by atoms with Crippen LogP contribution in [0, 0.1) is 17.8 Å². The lowest BCUT2D eigenvalue weighted by molar-refractivity contribution is -0.149. The Hall–Kier alpha value is -1.10. The Morgan fingerprint density at radius 3 is 2.56 bits per heavy atom. The van der Waals surface area contributed by atoms with Crippen LogP contribution in [0.3, 0.4) is 0 Å².